The molecule has 0 saturated carbocycles. The van der Waals surface area contributed by atoms with E-state index in [1.54, 1.807) is 61.6 Å². The van der Waals surface area contributed by atoms with E-state index < -0.39 is 10.0 Å². The van der Waals surface area contributed by atoms with Crippen molar-refractivity contribution in [1.29, 1.82) is 0 Å². The van der Waals surface area contributed by atoms with E-state index in [2.05, 4.69) is 17.4 Å². The second-order valence-electron chi connectivity index (χ2n) is 7.67. The number of sulfonamides is 1. The Balaban J connectivity index is 1.55. The summed E-state index contributed by atoms with van der Waals surface area (Å²) in [6.07, 6.45) is 1.76. The van der Waals surface area contributed by atoms with Crippen molar-refractivity contribution in [3.8, 4) is 0 Å². The van der Waals surface area contributed by atoms with Gasteiger partial charge >= 0.3 is 0 Å². The lowest BCUT2D eigenvalue weighted by Crippen LogP contribution is -2.32. The first-order valence-corrected chi connectivity index (χ1v) is 11.8. The van der Waals surface area contributed by atoms with Crippen molar-refractivity contribution in [2.45, 2.75) is 37.2 Å². The molecule has 0 aliphatic carbocycles. The number of nitrogens with one attached hydrogen (secondary N) is 1. The Morgan fingerprint density at radius 1 is 0.871 bits per heavy atom. The van der Waals surface area contributed by atoms with Crippen LogP contribution < -0.4 is 5.32 Å². The molecular weight excluding hydrogens is 408 g/mol. The van der Waals surface area contributed by atoms with Gasteiger partial charge in [0, 0.05) is 25.2 Å². The van der Waals surface area contributed by atoms with E-state index in [0.717, 1.165) is 18.4 Å². The van der Waals surface area contributed by atoms with Gasteiger partial charge < -0.3 is 5.32 Å². The second-order valence-corrected chi connectivity index (χ2v) is 9.71. The van der Waals surface area contributed by atoms with E-state index in [-0.39, 0.29) is 23.4 Å². The highest BCUT2D eigenvalue weighted by Crippen LogP contribution is 2.17. The smallest absolute Gasteiger partial charge is 0.251 e. The maximum atomic E-state index is 12.7. The summed E-state index contributed by atoms with van der Waals surface area (Å²) in [5.74, 6) is -0.127. The number of hydrogen-bond donors (Lipinski definition) is 1. The van der Waals surface area contributed by atoms with E-state index >= 15 is 0 Å². The first-order chi connectivity index (χ1) is 14.9. The van der Waals surface area contributed by atoms with Crippen LogP contribution in [-0.2, 0) is 23.0 Å². The molecular formula is C25H28N2O3S. The molecule has 6 heteroatoms. The molecule has 5 nitrogen and oxygen atoms in total. The number of benzene rings is 3. The van der Waals surface area contributed by atoms with Gasteiger partial charge in [-0.05, 0) is 55.2 Å². The number of nitrogens with zero attached hydrogens (tertiary/aromatic N) is 1. The summed E-state index contributed by atoms with van der Waals surface area (Å²) in [5.41, 5.74) is 2.63. The molecule has 1 N–H and O–H groups in total. The average Bonchev–Trinajstić information content (AvgIpc) is 2.79. The maximum absolute atomic E-state index is 12.7. The molecule has 0 radical (unpaired) electrons. The SMILES string of the molecule is C[C@H](CCc1ccccc1)NC(=O)c1ccc(CN(C)S(=O)(=O)c2ccccc2)cc1. The Morgan fingerprint density at radius 3 is 2.06 bits per heavy atom. The third kappa shape index (κ3) is 6.26. The van der Waals surface area contributed by atoms with Gasteiger partial charge in [0.1, 0.15) is 0 Å². The minimum absolute atomic E-state index is 0.0505. The molecule has 0 aliphatic rings. The molecule has 31 heavy (non-hydrogen) atoms. The molecule has 0 spiro atoms. The highest BCUT2D eigenvalue weighted by Gasteiger charge is 2.20. The Hall–Kier alpha value is -2.96. The summed E-state index contributed by atoms with van der Waals surface area (Å²) in [6.45, 7) is 2.23. The van der Waals surface area contributed by atoms with Crippen molar-refractivity contribution in [2.75, 3.05) is 7.05 Å². The van der Waals surface area contributed by atoms with E-state index in [0.29, 0.717) is 5.56 Å². The van der Waals surface area contributed by atoms with Gasteiger partial charge in [-0.15, -0.1) is 0 Å². The highest BCUT2D eigenvalue weighted by molar-refractivity contribution is 7.89. The van der Waals surface area contributed by atoms with Crippen molar-refractivity contribution >= 4 is 15.9 Å². The van der Waals surface area contributed by atoms with Gasteiger partial charge in [-0.25, -0.2) is 8.42 Å². The van der Waals surface area contributed by atoms with Gasteiger partial charge in [0.25, 0.3) is 5.91 Å². The van der Waals surface area contributed by atoms with Crippen molar-refractivity contribution in [2.24, 2.45) is 0 Å². The zero-order valence-corrected chi connectivity index (χ0v) is 18.7. The van der Waals surface area contributed by atoms with E-state index in [4.69, 9.17) is 0 Å². The molecule has 3 aromatic carbocycles. The third-order valence-corrected chi connectivity index (χ3v) is 6.98. The summed E-state index contributed by atoms with van der Waals surface area (Å²) in [5, 5.41) is 3.03. The number of carbonyl (C=O) groups is 1. The molecule has 0 saturated heterocycles. The van der Waals surface area contributed by atoms with Crippen molar-refractivity contribution in [1.82, 2.24) is 9.62 Å². The molecule has 0 unspecified atom stereocenters. The summed E-state index contributed by atoms with van der Waals surface area (Å²) in [7, 11) is -2.00. The summed E-state index contributed by atoms with van der Waals surface area (Å²) >= 11 is 0. The van der Waals surface area contributed by atoms with Crippen molar-refractivity contribution in [3.63, 3.8) is 0 Å². The molecule has 0 fully saturated rings. The van der Waals surface area contributed by atoms with Gasteiger partial charge in [0.05, 0.1) is 4.90 Å². The standard InChI is InChI=1S/C25H28N2O3S/c1-20(13-14-21-9-5-3-6-10-21)26-25(28)23-17-15-22(16-18-23)19-27(2)31(29,30)24-11-7-4-8-12-24/h3-12,15-18,20H,13-14,19H2,1-2H3,(H,26,28)/t20-/m1/s1. The predicted octanol–water partition coefficient (Wildman–Crippen LogP) is 4.26. The minimum Gasteiger partial charge on any atom is -0.350 e. The number of carbonyl (C=O) groups excluding carboxylic acids is 1. The zero-order valence-electron chi connectivity index (χ0n) is 17.9. The highest BCUT2D eigenvalue weighted by atomic mass is 32.2. The summed E-state index contributed by atoms with van der Waals surface area (Å²) in [6, 6.07) is 25.7. The molecule has 0 aliphatic heterocycles. The first kappa shape index (κ1) is 22.7. The van der Waals surface area contributed by atoms with Gasteiger partial charge in [0.15, 0.2) is 0 Å². The fraction of sp³-hybridized carbons (Fsp3) is 0.240. The molecule has 0 bridgehead atoms. The normalized spacial score (nSPS) is 12.5. The molecule has 3 aromatic rings. The van der Waals surface area contributed by atoms with Crippen LogP contribution in [0.25, 0.3) is 0 Å². The van der Waals surface area contributed by atoms with E-state index in [9.17, 15) is 13.2 Å². The van der Waals surface area contributed by atoms with Crippen LogP contribution in [0.1, 0.15) is 34.8 Å². The second kappa shape index (κ2) is 10.4. The van der Waals surface area contributed by atoms with Gasteiger partial charge in [-0.1, -0.05) is 60.7 Å². The Bertz CT molecular complexity index is 1080. The Morgan fingerprint density at radius 2 is 1.45 bits per heavy atom. The van der Waals surface area contributed by atoms with Crippen LogP contribution in [-0.4, -0.2) is 31.7 Å². The lowest BCUT2D eigenvalue weighted by molar-refractivity contribution is 0.0938. The fourth-order valence-electron chi connectivity index (χ4n) is 3.28. The minimum atomic E-state index is -3.55. The van der Waals surface area contributed by atoms with Crippen molar-refractivity contribution < 1.29 is 13.2 Å². The summed E-state index contributed by atoms with van der Waals surface area (Å²) < 4.78 is 26.6. The molecule has 1 atom stereocenters. The van der Waals surface area contributed by atoms with Crippen molar-refractivity contribution in [3.05, 3.63) is 102 Å². The van der Waals surface area contributed by atoms with Crippen LogP contribution in [0, 0.1) is 0 Å². The van der Waals surface area contributed by atoms with Crippen LogP contribution in [0.5, 0.6) is 0 Å². The number of amides is 1. The van der Waals surface area contributed by atoms with Gasteiger partial charge in [-0.3, -0.25) is 4.79 Å². The van der Waals surface area contributed by atoms with E-state index in [1.165, 1.54) is 9.87 Å². The molecule has 0 aromatic heterocycles. The van der Waals surface area contributed by atoms with Crippen LogP contribution in [0.15, 0.2) is 89.8 Å². The largest absolute Gasteiger partial charge is 0.350 e. The summed E-state index contributed by atoms with van der Waals surface area (Å²) in [4.78, 5) is 12.8. The topological polar surface area (TPSA) is 66.5 Å². The lowest BCUT2D eigenvalue weighted by atomic mass is 10.1. The van der Waals surface area contributed by atoms with Gasteiger partial charge in [-0.2, -0.15) is 4.31 Å². The van der Waals surface area contributed by atoms with Gasteiger partial charge in [0.2, 0.25) is 10.0 Å². The molecule has 0 heterocycles. The zero-order chi connectivity index (χ0) is 22.3. The molecule has 1 amide bonds. The number of rotatable bonds is 9. The first-order valence-electron chi connectivity index (χ1n) is 10.3. The molecule has 162 valence electrons. The maximum Gasteiger partial charge on any atom is 0.251 e. The van der Waals surface area contributed by atoms with Crippen LogP contribution in [0.4, 0.5) is 0 Å². The van der Waals surface area contributed by atoms with Crippen LogP contribution in [0.3, 0.4) is 0 Å². The lowest BCUT2D eigenvalue weighted by Gasteiger charge is -2.18. The number of aryl methyl sites for hydroxylation is 1. The third-order valence-electron chi connectivity index (χ3n) is 5.16. The quantitative estimate of drug-likeness (QED) is 0.545. The Labute approximate surface area is 184 Å². The monoisotopic (exact) mass is 436 g/mol. The Kier molecular flexibility index (Phi) is 7.60. The number of hydrogen-bond acceptors (Lipinski definition) is 3. The fourth-order valence-corrected chi connectivity index (χ4v) is 4.46. The molecule has 3 rings (SSSR count). The van der Waals surface area contributed by atoms with Crippen LogP contribution in [0.2, 0.25) is 0 Å². The average molecular weight is 437 g/mol. The van der Waals surface area contributed by atoms with E-state index in [1.807, 2.05) is 25.1 Å². The predicted molar refractivity (Wildman–Crippen MR) is 123 cm³/mol. The van der Waals surface area contributed by atoms with Crippen LogP contribution >= 0.6 is 0 Å².